The van der Waals surface area contributed by atoms with Gasteiger partial charge in [-0.1, -0.05) is 6.07 Å². The van der Waals surface area contributed by atoms with Crippen LogP contribution in [0.15, 0.2) is 51.7 Å². The van der Waals surface area contributed by atoms with Gasteiger partial charge in [-0.25, -0.2) is 4.79 Å². The van der Waals surface area contributed by atoms with E-state index in [0.717, 1.165) is 0 Å². The first-order valence-electron chi connectivity index (χ1n) is 10.00. The molecule has 0 saturated heterocycles. The van der Waals surface area contributed by atoms with Crippen molar-refractivity contribution in [3.8, 4) is 28.7 Å². The molecule has 0 spiro atoms. The van der Waals surface area contributed by atoms with Crippen LogP contribution in [0, 0.1) is 6.92 Å². The second-order valence-electron chi connectivity index (χ2n) is 7.22. The first-order chi connectivity index (χ1) is 15.8. The Morgan fingerprint density at radius 2 is 1.67 bits per heavy atom. The number of methoxy groups -OCH3 is 3. The predicted molar refractivity (Wildman–Crippen MR) is 121 cm³/mol. The van der Waals surface area contributed by atoms with Gasteiger partial charge in [0.05, 0.1) is 26.9 Å². The third kappa shape index (κ3) is 5.03. The fraction of sp³-hybridized carbons (Fsp3) is 0.250. The normalized spacial score (nSPS) is 11.5. The summed E-state index contributed by atoms with van der Waals surface area (Å²) in [5, 5.41) is 22.8. The van der Waals surface area contributed by atoms with E-state index in [4.69, 9.17) is 18.6 Å². The molecule has 3 N–H and O–H groups in total. The van der Waals surface area contributed by atoms with Gasteiger partial charge in [0.25, 0.3) is 0 Å². The first kappa shape index (κ1) is 23.5. The van der Waals surface area contributed by atoms with Crippen molar-refractivity contribution < 1.29 is 33.6 Å². The Balaban J connectivity index is 2.12. The highest BCUT2D eigenvalue weighted by molar-refractivity contribution is 5.91. The SMILES string of the molecule is COc1ccc([C@H](CC(=O)Nc2ccc(O)cc2)c2c(O)cc(C)oc2=O)c(OC)c1OC. The topological polar surface area (TPSA) is 127 Å². The summed E-state index contributed by atoms with van der Waals surface area (Å²) in [6.07, 6.45) is -0.228. The van der Waals surface area contributed by atoms with Crippen LogP contribution < -0.4 is 25.2 Å². The molecular weight excluding hydrogens is 430 g/mol. The number of anilines is 1. The van der Waals surface area contributed by atoms with Crippen LogP contribution in [-0.4, -0.2) is 37.4 Å². The Kier molecular flexibility index (Phi) is 7.12. The van der Waals surface area contributed by atoms with Crippen molar-refractivity contribution in [3.05, 3.63) is 69.8 Å². The number of carbonyl (C=O) groups excluding carboxylic acids is 1. The molecule has 0 fully saturated rings. The summed E-state index contributed by atoms with van der Waals surface area (Å²) in [6, 6.07) is 10.5. The highest BCUT2D eigenvalue weighted by Crippen LogP contribution is 2.46. The van der Waals surface area contributed by atoms with Crippen LogP contribution in [-0.2, 0) is 4.79 Å². The van der Waals surface area contributed by atoms with Crippen molar-refractivity contribution in [2.75, 3.05) is 26.6 Å². The molecule has 3 aromatic rings. The van der Waals surface area contributed by atoms with E-state index in [2.05, 4.69) is 5.32 Å². The standard InChI is InChI=1S/C24H25NO8/c1-13-11-18(27)21(24(29)33-13)17(12-20(28)25-14-5-7-15(26)8-6-14)16-9-10-19(30-2)23(32-4)22(16)31-3/h5-11,17,26-27H,12H2,1-4H3,(H,25,28)/t17-/m0/s1. The van der Waals surface area contributed by atoms with Crippen molar-refractivity contribution >= 4 is 11.6 Å². The summed E-state index contributed by atoms with van der Waals surface area (Å²) in [5.74, 6) is -0.476. The van der Waals surface area contributed by atoms with Crippen LogP contribution in [0.1, 0.15) is 29.2 Å². The molecule has 0 unspecified atom stereocenters. The molecule has 0 aliphatic heterocycles. The molecule has 0 saturated carbocycles. The van der Waals surface area contributed by atoms with E-state index in [9.17, 15) is 19.8 Å². The van der Waals surface area contributed by atoms with Gasteiger partial charge in [-0.3, -0.25) is 4.79 Å². The second-order valence-corrected chi connectivity index (χ2v) is 7.22. The van der Waals surface area contributed by atoms with Gasteiger partial charge in [-0.05, 0) is 37.3 Å². The van der Waals surface area contributed by atoms with E-state index in [1.807, 2.05) is 0 Å². The molecule has 0 bridgehead atoms. The molecular formula is C24H25NO8. The van der Waals surface area contributed by atoms with Crippen LogP contribution in [0.2, 0.25) is 0 Å². The van der Waals surface area contributed by atoms with Gasteiger partial charge < -0.3 is 34.2 Å². The molecule has 33 heavy (non-hydrogen) atoms. The van der Waals surface area contributed by atoms with Gasteiger partial charge in [0.15, 0.2) is 11.5 Å². The summed E-state index contributed by atoms with van der Waals surface area (Å²) in [5.41, 5.74) is 0.0113. The summed E-state index contributed by atoms with van der Waals surface area (Å²) >= 11 is 0. The minimum Gasteiger partial charge on any atom is -0.508 e. The monoisotopic (exact) mass is 455 g/mol. The molecule has 0 aliphatic carbocycles. The fourth-order valence-electron chi connectivity index (χ4n) is 3.63. The summed E-state index contributed by atoms with van der Waals surface area (Å²) in [4.78, 5) is 25.7. The lowest BCUT2D eigenvalue weighted by molar-refractivity contribution is -0.116. The van der Waals surface area contributed by atoms with Crippen molar-refractivity contribution in [2.45, 2.75) is 19.3 Å². The van der Waals surface area contributed by atoms with Crippen molar-refractivity contribution in [2.24, 2.45) is 0 Å². The minimum atomic E-state index is -0.936. The van der Waals surface area contributed by atoms with Gasteiger partial charge >= 0.3 is 5.63 Å². The van der Waals surface area contributed by atoms with Gasteiger partial charge in [0.1, 0.15) is 17.3 Å². The maximum absolute atomic E-state index is 12.9. The van der Waals surface area contributed by atoms with Crippen LogP contribution in [0.4, 0.5) is 5.69 Å². The Bertz CT molecular complexity index is 1200. The number of nitrogens with one attached hydrogen (secondary N) is 1. The van der Waals surface area contributed by atoms with E-state index in [0.29, 0.717) is 17.0 Å². The van der Waals surface area contributed by atoms with Gasteiger partial charge in [-0.2, -0.15) is 0 Å². The van der Waals surface area contributed by atoms with E-state index < -0.39 is 17.5 Å². The molecule has 1 aromatic heterocycles. The van der Waals surface area contributed by atoms with Crippen molar-refractivity contribution in [3.63, 3.8) is 0 Å². The maximum Gasteiger partial charge on any atom is 0.343 e. The number of carbonyl (C=O) groups is 1. The number of rotatable bonds is 8. The Morgan fingerprint density at radius 3 is 2.24 bits per heavy atom. The number of aromatic hydroxyl groups is 2. The van der Waals surface area contributed by atoms with Crippen molar-refractivity contribution in [1.29, 1.82) is 0 Å². The quantitative estimate of drug-likeness (QED) is 0.440. The first-order valence-corrected chi connectivity index (χ1v) is 10.00. The lowest BCUT2D eigenvalue weighted by Gasteiger charge is -2.22. The molecule has 2 aromatic carbocycles. The summed E-state index contributed by atoms with van der Waals surface area (Å²) < 4.78 is 21.5. The highest BCUT2D eigenvalue weighted by atomic mass is 16.5. The zero-order chi connectivity index (χ0) is 24.1. The lowest BCUT2D eigenvalue weighted by Crippen LogP contribution is -2.21. The number of phenols is 1. The zero-order valence-electron chi connectivity index (χ0n) is 18.7. The number of amides is 1. The molecule has 1 heterocycles. The Labute approximate surface area is 190 Å². The number of aryl methyl sites for hydroxylation is 1. The van der Waals surface area contributed by atoms with Crippen molar-refractivity contribution in [1.82, 2.24) is 0 Å². The van der Waals surface area contributed by atoms with Gasteiger partial charge in [0.2, 0.25) is 11.7 Å². The van der Waals surface area contributed by atoms with E-state index in [1.54, 1.807) is 12.1 Å². The van der Waals surface area contributed by atoms with Crippen LogP contribution in [0.25, 0.3) is 0 Å². The van der Waals surface area contributed by atoms with Gasteiger partial charge in [0, 0.05) is 29.7 Å². The van der Waals surface area contributed by atoms with Crippen LogP contribution in [0.5, 0.6) is 28.7 Å². The third-order valence-corrected chi connectivity index (χ3v) is 5.09. The highest BCUT2D eigenvalue weighted by Gasteiger charge is 2.30. The molecule has 1 amide bonds. The molecule has 0 aliphatic rings. The van der Waals surface area contributed by atoms with Crippen LogP contribution in [0.3, 0.4) is 0 Å². The maximum atomic E-state index is 12.9. The predicted octanol–water partition coefficient (Wildman–Crippen LogP) is 3.55. The third-order valence-electron chi connectivity index (χ3n) is 5.09. The van der Waals surface area contributed by atoms with E-state index >= 15 is 0 Å². The molecule has 1 atom stereocenters. The average Bonchev–Trinajstić information content (AvgIpc) is 2.78. The second kappa shape index (κ2) is 9.99. The molecule has 0 radical (unpaired) electrons. The molecule has 9 heteroatoms. The lowest BCUT2D eigenvalue weighted by atomic mass is 9.87. The number of hydrogen-bond donors (Lipinski definition) is 3. The number of ether oxygens (including phenoxy) is 3. The summed E-state index contributed by atoms with van der Waals surface area (Å²) in [6.45, 7) is 1.54. The van der Waals surface area contributed by atoms with E-state index in [1.165, 1.54) is 58.6 Å². The fourth-order valence-corrected chi connectivity index (χ4v) is 3.63. The van der Waals surface area contributed by atoms with Crippen LogP contribution >= 0.6 is 0 Å². The Hall–Kier alpha value is -4.14. The smallest absolute Gasteiger partial charge is 0.343 e. The Morgan fingerprint density at radius 1 is 1.00 bits per heavy atom. The molecule has 9 nitrogen and oxygen atoms in total. The van der Waals surface area contributed by atoms with Gasteiger partial charge in [-0.15, -0.1) is 0 Å². The molecule has 3 rings (SSSR count). The largest absolute Gasteiger partial charge is 0.508 e. The number of phenolic OH excluding ortho intramolecular Hbond substituents is 1. The number of hydrogen-bond acceptors (Lipinski definition) is 8. The zero-order valence-corrected chi connectivity index (χ0v) is 18.7. The van der Waals surface area contributed by atoms with E-state index in [-0.39, 0.29) is 40.7 Å². The molecule has 174 valence electrons. The average molecular weight is 455 g/mol. The minimum absolute atomic E-state index is 0.0584. The summed E-state index contributed by atoms with van der Waals surface area (Å²) in [7, 11) is 4.33. The number of benzene rings is 2.